The summed E-state index contributed by atoms with van der Waals surface area (Å²) in [5, 5.41) is 7.30. The third-order valence-corrected chi connectivity index (χ3v) is 19.1. The second-order valence-electron chi connectivity index (χ2n) is 24.0. The van der Waals surface area contributed by atoms with Crippen LogP contribution < -0.4 is 26.2 Å². The van der Waals surface area contributed by atoms with Gasteiger partial charge < -0.3 is 23.5 Å². The van der Waals surface area contributed by atoms with Gasteiger partial charge >= 0.3 is 0 Å². The molecular weight excluding hydrogens is 1090 g/mol. The van der Waals surface area contributed by atoms with Crippen molar-refractivity contribution in [1.82, 2.24) is 13.7 Å². The van der Waals surface area contributed by atoms with Crippen molar-refractivity contribution in [2.24, 2.45) is 0 Å². The topological polar surface area (TPSA) is 21.3 Å². The van der Waals surface area contributed by atoms with Gasteiger partial charge in [0.2, 0.25) is 0 Å². The number of rotatable bonds is 8. The first-order chi connectivity index (χ1) is 44.7. The zero-order valence-electron chi connectivity index (χ0n) is 49.0. The maximum Gasteiger partial charge on any atom is 0.252 e. The van der Waals surface area contributed by atoms with Crippen LogP contribution in [-0.4, -0.2) is 20.4 Å². The van der Waals surface area contributed by atoms with Crippen molar-refractivity contribution < 1.29 is 0 Å². The minimum Gasteiger partial charge on any atom is -0.311 e. The molecule has 0 fully saturated rings. The van der Waals surface area contributed by atoms with Gasteiger partial charge in [0.25, 0.3) is 6.71 Å². The molecule has 0 amide bonds. The molecule has 2 aliphatic rings. The Morgan fingerprint density at radius 1 is 0.211 bits per heavy atom. The highest BCUT2D eigenvalue weighted by Crippen LogP contribution is 2.51. The molecule has 90 heavy (non-hydrogen) atoms. The second-order valence-corrected chi connectivity index (χ2v) is 24.0. The maximum atomic E-state index is 2.64. The minimum absolute atomic E-state index is 0.200. The third kappa shape index (κ3) is 7.52. The van der Waals surface area contributed by atoms with Crippen LogP contribution in [0.3, 0.4) is 0 Å². The molecule has 0 bridgehead atoms. The Labute approximate surface area is 521 Å². The van der Waals surface area contributed by atoms with Crippen molar-refractivity contribution in [3.8, 4) is 50.4 Å². The lowest BCUT2D eigenvalue weighted by Gasteiger charge is -2.45. The molecule has 5 nitrogen and oxygen atoms in total. The van der Waals surface area contributed by atoms with Crippen molar-refractivity contribution in [1.29, 1.82) is 0 Å². The average Bonchev–Trinajstić information content (AvgIpc) is 1.06. The van der Waals surface area contributed by atoms with Crippen LogP contribution in [-0.2, 0) is 0 Å². The predicted octanol–water partition coefficient (Wildman–Crippen LogP) is 20.1. The van der Waals surface area contributed by atoms with Crippen molar-refractivity contribution in [2.75, 3.05) is 9.80 Å². The van der Waals surface area contributed by atoms with E-state index in [2.05, 4.69) is 351 Å². The van der Waals surface area contributed by atoms with Gasteiger partial charge in [-0.1, -0.05) is 231 Å². The largest absolute Gasteiger partial charge is 0.311 e. The SMILES string of the molecule is c1ccc(-c2cccc(N3c4cc(-n5c6ccccc6c6ccccc65)ccc4B4c5ccc6c(c5N(c5cccc(-c7ccccc7)c5)c5cc(-n7c8ccccc8c8ccccc87)cc3c54)c3ccccc3n6-c3cccc(-c4ccccc4)c3)c2)cc1. The molecular formula is C84H54BN5. The van der Waals surface area contributed by atoms with Crippen LogP contribution in [0.5, 0.6) is 0 Å². The summed E-state index contributed by atoms with van der Waals surface area (Å²) >= 11 is 0. The third-order valence-electron chi connectivity index (χ3n) is 19.1. The maximum absolute atomic E-state index is 2.64. The van der Waals surface area contributed by atoms with Crippen LogP contribution in [0.2, 0.25) is 0 Å². The molecule has 19 rings (SSSR count). The van der Waals surface area contributed by atoms with Gasteiger partial charge in [-0.3, -0.25) is 0 Å². The number of aromatic nitrogens is 3. The predicted molar refractivity (Wildman–Crippen MR) is 380 cm³/mol. The molecule has 5 heterocycles. The number of hydrogen-bond donors (Lipinski definition) is 0. The molecule has 0 radical (unpaired) electrons. The molecule has 0 saturated heterocycles. The van der Waals surface area contributed by atoms with E-state index in [9.17, 15) is 0 Å². The summed E-state index contributed by atoms with van der Waals surface area (Å²) in [5.41, 5.74) is 27.7. The average molecular weight is 1140 g/mol. The molecule has 3 aromatic heterocycles. The highest BCUT2D eigenvalue weighted by molar-refractivity contribution is 7.00. The summed E-state index contributed by atoms with van der Waals surface area (Å²) in [4.78, 5) is 5.24. The molecule has 418 valence electrons. The first kappa shape index (κ1) is 50.3. The van der Waals surface area contributed by atoms with Crippen molar-refractivity contribution in [2.45, 2.75) is 0 Å². The zero-order valence-corrected chi connectivity index (χ0v) is 49.0. The summed E-state index contributed by atoms with van der Waals surface area (Å²) in [6.07, 6.45) is 0. The lowest BCUT2D eigenvalue weighted by Crippen LogP contribution is -2.61. The number of nitrogens with zero attached hydrogens (tertiary/aromatic N) is 5. The minimum atomic E-state index is -0.200. The molecule has 0 N–H and O–H groups in total. The van der Waals surface area contributed by atoms with Crippen LogP contribution >= 0.6 is 0 Å². The fourth-order valence-corrected chi connectivity index (χ4v) is 15.4. The molecule has 6 heteroatoms. The summed E-state index contributed by atoms with van der Waals surface area (Å²) in [7, 11) is 0. The number of anilines is 6. The summed E-state index contributed by atoms with van der Waals surface area (Å²) < 4.78 is 7.49. The van der Waals surface area contributed by atoms with Gasteiger partial charge in [-0.25, -0.2) is 0 Å². The van der Waals surface area contributed by atoms with Gasteiger partial charge in [0.15, 0.2) is 0 Å². The zero-order chi connectivity index (χ0) is 59.0. The van der Waals surface area contributed by atoms with Gasteiger partial charge in [0, 0.05) is 72.1 Å². The molecule has 0 atom stereocenters. The van der Waals surface area contributed by atoms with E-state index in [-0.39, 0.29) is 6.71 Å². The van der Waals surface area contributed by atoms with Crippen LogP contribution in [0, 0.1) is 0 Å². The molecule has 0 unspecified atom stereocenters. The first-order valence-corrected chi connectivity index (χ1v) is 31.1. The van der Waals surface area contributed by atoms with Crippen LogP contribution in [0.15, 0.2) is 328 Å². The Balaban J connectivity index is 0.972. The summed E-state index contributed by atoms with van der Waals surface area (Å²) in [6.45, 7) is -0.200. The molecule has 17 aromatic rings. The van der Waals surface area contributed by atoms with Gasteiger partial charge in [-0.05, 0) is 147 Å². The number of benzene rings is 14. The van der Waals surface area contributed by atoms with Gasteiger partial charge in [0.1, 0.15) is 0 Å². The Hall–Kier alpha value is -11.9. The lowest BCUT2D eigenvalue weighted by atomic mass is 9.33. The highest BCUT2D eigenvalue weighted by Gasteiger charge is 2.45. The molecule has 2 aliphatic heterocycles. The summed E-state index contributed by atoms with van der Waals surface area (Å²) in [6, 6.07) is 122. The molecule has 0 aliphatic carbocycles. The van der Waals surface area contributed by atoms with Crippen LogP contribution in [0.25, 0.3) is 116 Å². The highest BCUT2D eigenvalue weighted by atomic mass is 15.2. The smallest absolute Gasteiger partial charge is 0.252 e. The normalized spacial score (nSPS) is 12.6. The molecule has 0 saturated carbocycles. The van der Waals surface area contributed by atoms with E-state index in [1.165, 1.54) is 87.7 Å². The lowest BCUT2D eigenvalue weighted by molar-refractivity contribution is 1.15. The summed E-state index contributed by atoms with van der Waals surface area (Å²) in [5.74, 6) is 0. The number of fused-ring (bicyclic) bond motifs is 14. The van der Waals surface area contributed by atoms with Gasteiger partial charge in [0.05, 0.1) is 44.5 Å². The Morgan fingerprint density at radius 3 is 1.08 bits per heavy atom. The number of para-hydroxylation sites is 5. The van der Waals surface area contributed by atoms with E-state index < -0.39 is 0 Å². The van der Waals surface area contributed by atoms with E-state index >= 15 is 0 Å². The van der Waals surface area contributed by atoms with Crippen molar-refractivity contribution in [3.63, 3.8) is 0 Å². The fourth-order valence-electron chi connectivity index (χ4n) is 15.4. The van der Waals surface area contributed by atoms with Crippen molar-refractivity contribution in [3.05, 3.63) is 328 Å². The second kappa shape index (κ2) is 19.8. The molecule has 14 aromatic carbocycles. The van der Waals surface area contributed by atoms with E-state index in [0.717, 1.165) is 78.7 Å². The molecule has 0 spiro atoms. The quantitative estimate of drug-likeness (QED) is 0.141. The van der Waals surface area contributed by atoms with E-state index in [4.69, 9.17) is 0 Å². The standard InChI is InChI=1S/C84H54BN5/c1-4-23-55(24-5-1)58-29-20-32-61(49-58)87-77-44-19-14-39-70(77)82-78(87)48-47-72-84(82)90(63-34-22-31-60(51-63)57-27-8-3-9-28-57)81-54-65(89-75-42-17-12-37-68(75)69-38-13-18-43-76(69)89)53-80-83(81)85(72)71-46-45-64(86-73-40-15-10-35-66(73)67-36-11-16-41-74(67)86)52-79(71)88(80)62-33-21-30-59(50-62)56-25-6-2-7-26-56/h1-54H. The fraction of sp³-hybridized carbons (Fsp3) is 0. The van der Waals surface area contributed by atoms with Gasteiger partial charge in [-0.2, -0.15) is 0 Å². The van der Waals surface area contributed by atoms with E-state index in [1.807, 2.05) is 0 Å². The van der Waals surface area contributed by atoms with Crippen LogP contribution in [0.4, 0.5) is 34.1 Å². The van der Waals surface area contributed by atoms with Crippen LogP contribution in [0.1, 0.15) is 0 Å². The van der Waals surface area contributed by atoms with E-state index in [0.29, 0.717) is 0 Å². The van der Waals surface area contributed by atoms with Gasteiger partial charge in [-0.15, -0.1) is 0 Å². The number of hydrogen-bond acceptors (Lipinski definition) is 2. The van der Waals surface area contributed by atoms with Crippen molar-refractivity contribution >= 4 is 123 Å². The monoisotopic (exact) mass is 1140 g/mol. The Bertz CT molecular complexity index is 5650. The Kier molecular flexibility index (Phi) is 11.1. The first-order valence-electron chi connectivity index (χ1n) is 31.1. The van der Waals surface area contributed by atoms with E-state index in [1.54, 1.807) is 0 Å². The Morgan fingerprint density at radius 2 is 0.567 bits per heavy atom.